The second-order valence-corrected chi connectivity index (χ2v) is 6.07. The molecule has 0 spiro atoms. The van der Waals surface area contributed by atoms with Crippen molar-refractivity contribution in [3.8, 4) is 5.75 Å². The fourth-order valence-electron chi connectivity index (χ4n) is 1.66. The Labute approximate surface area is 125 Å². The second-order valence-electron chi connectivity index (χ2n) is 4.30. The van der Waals surface area contributed by atoms with Crippen molar-refractivity contribution in [1.82, 2.24) is 4.72 Å². The summed E-state index contributed by atoms with van der Waals surface area (Å²) in [6.45, 7) is -2.95. The summed E-state index contributed by atoms with van der Waals surface area (Å²) >= 11 is 0. The van der Waals surface area contributed by atoms with E-state index in [2.05, 4.69) is 9.46 Å². The van der Waals surface area contributed by atoms with E-state index in [0.29, 0.717) is 5.56 Å². The van der Waals surface area contributed by atoms with Crippen molar-refractivity contribution in [1.29, 1.82) is 0 Å². The predicted octanol–water partition coefficient (Wildman–Crippen LogP) is 2.91. The van der Waals surface area contributed by atoms with Crippen molar-refractivity contribution in [2.75, 3.05) is 0 Å². The highest BCUT2D eigenvalue weighted by atomic mass is 32.2. The van der Waals surface area contributed by atoms with E-state index in [0.717, 1.165) is 24.3 Å². The molecule has 0 radical (unpaired) electrons. The number of halogens is 3. The summed E-state index contributed by atoms with van der Waals surface area (Å²) in [7, 11) is -3.77. The molecular weight excluding hydrogens is 319 g/mol. The lowest BCUT2D eigenvalue weighted by molar-refractivity contribution is -0.0498. The molecule has 0 aliphatic rings. The lowest BCUT2D eigenvalue weighted by Gasteiger charge is -2.08. The maximum absolute atomic E-state index is 12.8. The van der Waals surface area contributed by atoms with E-state index in [4.69, 9.17) is 0 Å². The fourth-order valence-corrected chi connectivity index (χ4v) is 2.68. The molecule has 0 heterocycles. The summed E-state index contributed by atoms with van der Waals surface area (Å²) in [5.41, 5.74) is 0.562. The Morgan fingerprint density at radius 1 is 1.00 bits per heavy atom. The van der Waals surface area contributed by atoms with Crippen molar-refractivity contribution in [2.24, 2.45) is 0 Å². The number of rotatable bonds is 6. The maximum atomic E-state index is 12.8. The lowest BCUT2D eigenvalue weighted by atomic mass is 10.2. The molecule has 0 fully saturated rings. The third-order valence-corrected chi connectivity index (χ3v) is 4.16. The van der Waals surface area contributed by atoms with E-state index < -0.39 is 22.5 Å². The number of ether oxygens (including phenoxy) is 1. The van der Waals surface area contributed by atoms with Gasteiger partial charge in [-0.1, -0.05) is 12.1 Å². The number of hydrogen-bond acceptors (Lipinski definition) is 3. The molecule has 8 heteroatoms. The molecule has 0 unspecified atom stereocenters. The number of sulfonamides is 1. The predicted molar refractivity (Wildman–Crippen MR) is 73.5 cm³/mol. The second kappa shape index (κ2) is 6.80. The van der Waals surface area contributed by atoms with Crippen molar-refractivity contribution in [2.45, 2.75) is 18.1 Å². The quantitative estimate of drug-likeness (QED) is 0.885. The van der Waals surface area contributed by atoms with Crippen molar-refractivity contribution < 1.29 is 26.3 Å². The molecule has 0 aliphatic carbocycles. The molecule has 22 heavy (non-hydrogen) atoms. The van der Waals surface area contributed by atoms with Crippen molar-refractivity contribution >= 4 is 10.0 Å². The summed E-state index contributed by atoms with van der Waals surface area (Å²) in [6.07, 6.45) is 0. The third-order valence-electron chi connectivity index (χ3n) is 2.74. The van der Waals surface area contributed by atoms with Gasteiger partial charge in [-0.3, -0.25) is 0 Å². The standard InChI is InChI=1S/C14H12F3NO3S/c15-11-3-7-13(8-4-11)22(19,20)18-9-10-1-5-12(6-2-10)21-14(16)17/h1-8,14,18H,9H2. The van der Waals surface area contributed by atoms with Gasteiger partial charge in [-0.05, 0) is 42.0 Å². The first-order valence-corrected chi connectivity index (χ1v) is 7.64. The topological polar surface area (TPSA) is 55.4 Å². The van der Waals surface area contributed by atoms with E-state index in [1.54, 1.807) is 0 Å². The first-order valence-electron chi connectivity index (χ1n) is 6.16. The molecule has 0 saturated heterocycles. The molecule has 0 bridgehead atoms. The summed E-state index contributed by atoms with van der Waals surface area (Å²) in [6, 6.07) is 9.95. The Balaban J connectivity index is 2.01. The minimum atomic E-state index is -3.77. The summed E-state index contributed by atoms with van der Waals surface area (Å²) in [5.74, 6) is -0.547. The Hall–Kier alpha value is -2.06. The van der Waals surface area contributed by atoms with Crippen LogP contribution >= 0.6 is 0 Å². The van der Waals surface area contributed by atoms with Gasteiger partial charge in [-0.15, -0.1) is 0 Å². The van der Waals surface area contributed by atoms with E-state index >= 15 is 0 Å². The van der Waals surface area contributed by atoms with Gasteiger partial charge < -0.3 is 4.74 Å². The number of benzene rings is 2. The van der Waals surface area contributed by atoms with Crippen LogP contribution in [0.2, 0.25) is 0 Å². The van der Waals surface area contributed by atoms with Gasteiger partial charge in [-0.25, -0.2) is 17.5 Å². The van der Waals surface area contributed by atoms with Gasteiger partial charge in [0.15, 0.2) is 0 Å². The molecule has 0 amide bonds. The monoisotopic (exact) mass is 331 g/mol. The molecule has 0 aromatic heterocycles. The molecular formula is C14H12F3NO3S. The minimum absolute atomic E-state index is 0.0138. The van der Waals surface area contributed by atoms with Gasteiger partial charge in [0.2, 0.25) is 10.0 Å². The first-order chi connectivity index (χ1) is 10.4. The molecule has 4 nitrogen and oxygen atoms in total. The van der Waals surface area contributed by atoms with Gasteiger partial charge in [-0.2, -0.15) is 8.78 Å². The minimum Gasteiger partial charge on any atom is -0.435 e. The average molecular weight is 331 g/mol. The maximum Gasteiger partial charge on any atom is 0.387 e. The van der Waals surface area contributed by atoms with Gasteiger partial charge >= 0.3 is 6.61 Å². The van der Waals surface area contributed by atoms with E-state index in [9.17, 15) is 21.6 Å². The van der Waals surface area contributed by atoms with Gasteiger partial charge in [0, 0.05) is 6.54 Å². The van der Waals surface area contributed by atoms with Crippen LogP contribution in [-0.4, -0.2) is 15.0 Å². The zero-order chi connectivity index (χ0) is 16.2. The smallest absolute Gasteiger partial charge is 0.387 e. The van der Waals surface area contributed by atoms with Gasteiger partial charge in [0.05, 0.1) is 4.90 Å². The largest absolute Gasteiger partial charge is 0.435 e. The number of nitrogens with one attached hydrogen (secondary N) is 1. The van der Waals surface area contributed by atoms with Crippen LogP contribution in [0.4, 0.5) is 13.2 Å². The van der Waals surface area contributed by atoms with Crippen LogP contribution in [0.25, 0.3) is 0 Å². The lowest BCUT2D eigenvalue weighted by Crippen LogP contribution is -2.23. The average Bonchev–Trinajstić information content (AvgIpc) is 2.46. The van der Waals surface area contributed by atoms with E-state index in [-0.39, 0.29) is 17.2 Å². The molecule has 2 aromatic rings. The third kappa shape index (κ3) is 4.47. The Kier molecular flexibility index (Phi) is 5.04. The highest BCUT2D eigenvalue weighted by Crippen LogP contribution is 2.16. The van der Waals surface area contributed by atoms with Gasteiger partial charge in [0.1, 0.15) is 11.6 Å². The molecule has 0 atom stereocenters. The van der Waals surface area contributed by atoms with Crippen LogP contribution < -0.4 is 9.46 Å². The molecule has 1 N–H and O–H groups in total. The zero-order valence-electron chi connectivity index (χ0n) is 11.2. The van der Waals surface area contributed by atoms with Crippen molar-refractivity contribution in [3.05, 3.63) is 59.9 Å². The fraction of sp³-hybridized carbons (Fsp3) is 0.143. The Morgan fingerprint density at radius 2 is 1.59 bits per heavy atom. The molecule has 2 aromatic carbocycles. The van der Waals surface area contributed by atoms with Crippen molar-refractivity contribution in [3.63, 3.8) is 0 Å². The highest BCUT2D eigenvalue weighted by Gasteiger charge is 2.13. The first kappa shape index (κ1) is 16.3. The van der Waals surface area contributed by atoms with Crippen LogP contribution in [0.3, 0.4) is 0 Å². The summed E-state index contributed by atoms with van der Waals surface area (Å²) in [5, 5.41) is 0. The summed E-state index contributed by atoms with van der Waals surface area (Å²) in [4.78, 5) is -0.0634. The normalized spacial score (nSPS) is 11.6. The van der Waals surface area contributed by atoms with Crippen LogP contribution in [0.1, 0.15) is 5.56 Å². The summed E-state index contributed by atoms with van der Waals surface area (Å²) < 4.78 is 67.2. The highest BCUT2D eigenvalue weighted by molar-refractivity contribution is 7.89. The molecule has 2 rings (SSSR count). The SMILES string of the molecule is O=S(=O)(NCc1ccc(OC(F)F)cc1)c1ccc(F)cc1. The Bertz CT molecular complexity index is 716. The van der Waals surface area contributed by atoms with Crippen LogP contribution in [0.15, 0.2) is 53.4 Å². The Morgan fingerprint density at radius 3 is 2.14 bits per heavy atom. The molecule has 118 valence electrons. The van der Waals surface area contributed by atoms with Crippen LogP contribution in [0, 0.1) is 5.82 Å². The van der Waals surface area contributed by atoms with E-state index in [1.807, 2.05) is 0 Å². The molecule has 0 aliphatic heterocycles. The van der Waals surface area contributed by atoms with Crippen LogP contribution in [0.5, 0.6) is 5.75 Å². The number of hydrogen-bond donors (Lipinski definition) is 1. The zero-order valence-corrected chi connectivity index (χ0v) is 12.0. The van der Waals surface area contributed by atoms with Gasteiger partial charge in [0.25, 0.3) is 0 Å². The van der Waals surface area contributed by atoms with E-state index in [1.165, 1.54) is 24.3 Å². The number of alkyl halides is 2. The van der Waals surface area contributed by atoms with Crippen LogP contribution in [-0.2, 0) is 16.6 Å². The molecule has 0 saturated carbocycles.